The van der Waals surface area contributed by atoms with Crippen LogP contribution in [0.1, 0.15) is 22.3 Å². The van der Waals surface area contributed by atoms with E-state index in [0.717, 1.165) is 17.3 Å². The largest absolute Gasteiger partial charge is 0.478 e. The van der Waals surface area contributed by atoms with Crippen molar-refractivity contribution in [1.82, 2.24) is 4.98 Å². The number of aromatic nitrogens is 1. The molecule has 2 aromatic rings. The van der Waals surface area contributed by atoms with Gasteiger partial charge in [-0.15, -0.1) is 0 Å². The summed E-state index contributed by atoms with van der Waals surface area (Å²) in [5, 5.41) is 1.12. The van der Waals surface area contributed by atoms with E-state index in [2.05, 4.69) is 11.2 Å². The summed E-state index contributed by atoms with van der Waals surface area (Å²) in [6.07, 6.45) is 4.68. The van der Waals surface area contributed by atoms with E-state index in [9.17, 15) is 4.79 Å². The Hall–Kier alpha value is -1.46. The molecule has 0 atom stereocenters. The molecule has 0 amide bonds. The molecule has 22 heavy (non-hydrogen) atoms. The van der Waals surface area contributed by atoms with Gasteiger partial charge >= 0.3 is 0 Å². The van der Waals surface area contributed by atoms with Crippen molar-refractivity contribution in [3.05, 3.63) is 59.8 Å². The van der Waals surface area contributed by atoms with Gasteiger partial charge in [0, 0.05) is 28.5 Å². The summed E-state index contributed by atoms with van der Waals surface area (Å²) in [5.74, 6) is 1.64. The van der Waals surface area contributed by atoms with Crippen LogP contribution in [0.3, 0.4) is 0 Å². The van der Waals surface area contributed by atoms with Crippen LogP contribution in [0.5, 0.6) is 5.88 Å². The molecule has 0 aliphatic carbocycles. The summed E-state index contributed by atoms with van der Waals surface area (Å²) in [6, 6.07) is 12.7. The molecule has 2 rings (SSSR count). The minimum absolute atomic E-state index is 0.0203. The SMILES string of the molecule is CSCSCCCOc1ccc(C(=O)c2ccccc2)cn1. The number of thioether (sulfide) groups is 2. The molecular formula is C17H19NO2S2. The van der Waals surface area contributed by atoms with Gasteiger partial charge in [0.15, 0.2) is 5.78 Å². The van der Waals surface area contributed by atoms with Gasteiger partial charge in [0.05, 0.1) is 6.61 Å². The molecule has 0 saturated carbocycles. The van der Waals surface area contributed by atoms with Crippen molar-refractivity contribution >= 4 is 29.3 Å². The lowest BCUT2D eigenvalue weighted by Gasteiger charge is -2.06. The number of hydrogen-bond donors (Lipinski definition) is 0. The maximum Gasteiger partial charge on any atom is 0.213 e. The zero-order valence-electron chi connectivity index (χ0n) is 12.5. The van der Waals surface area contributed by atoms with Crippen molar-refractivity contribution in [3.63, 3.8) is 0 Å². The Labute approximate surface area is 139 Å². The zero-order chi connectivity index (χ0) is 15.6. The van der Waals surface area contributed by atoms with E-state index in [4.69, 9.17) is 4.74 Å². The molecule has 0 aliphatic rings. The summed E-state index contributed by atoms with van der Waals surface area (Å²) in [5.41, 5.74) is 1.25. The van der Waals surface area contributed by atoms with E-state index < -0.39 is 0 Å². The minimum Gasteiger partial charge on any atom is -0.478 e. The first kappa shape index (κ1) is 16.9. The molecule has 0 fully saturated rings. The Morgan fingerprint density at radius 3 is 2.64 bits per heavy atom. The van der Waals surface area contributed by atoms with Crippen molar-refractivity contribution in [2.45, 2.75) is 6.42 Å². The van der Waals surface area contributed by atoms with Crippen molar-refractivity contribution in [2.75, 3.05) is 23.7 Å². The number of ether oxygens (including phenoxy) is 1. The highest BCUT2D eigenvalue weighted by atomic mass is 32.2. The number of pyridine rings is 1. The lowest BCUT2D eigenvalue weighted by molar-refractivity contribution is 0.103. The summed E-state index contributed by atoms with van der Waals surface area (Å²) >= 11 is 3.75. The maximum absolute atomic E-state index is 12.2. The number of ketones is 1. The quantitative estimate of drug-likeness (QED) is 0.392. The van der Waals surface area contributed by atoms with Gasteiger partial charge in [-0.3, -0.25) is 4.79 Å². The molecule has 0 radical (unpaired) electrons. The molecule has 1 heterocycles. The standard InChI is InChI=1S/C17H19NO2S2/c1-21-13-22-11-5-10-20-16-9-8-15(12-18-16)17(19)14-6-3-2-4-7-14/h2-4,6-9,12H,5,10-11,13H2,1H3. The fraction of sp³-hybridized carbons (Fsp3) is 0.294. The van der Waals surface area contributed by atoms with Crippen LogP contribution in [0.4, 0.5) is 0 Å². The average Bonchev–Trinajstić information content (AvgIpc) is 2.59. The van der Waals surface area contributed by atoms with Gasteiger partial charge in [0.25, 0.3) is 0 Å². The van der Waals surface area contributed by atoms with Crippen LogP contribution in [0.15, 0.2) is 48.7 Å². The Morgan fingerprint density at radius 1 is 1.14 bits per heavy atom. The van der Waals surface area contributed by atoms with E-state index in [1.165, 1.54) is 0 Å². The van der Waals surface area contributed by atoms with E-state index in [0.29, 0.717) is 23.6 Å². The van der Waals surface area contributed by atoms with Crippen LogP contribution in [0.2, 0.25) is 0 Å². The van der Waals surface area contributed by atoms with E-state index in [1.807, 2.05) is 41.7 Å². The van der Waals surface area contributed by atoms with Gasteiger partial charge in [-0.25, -0.2) is 4.98 Å². The second-order valence-electron chi connectivity index (χ2n) is 4.60. The Morgan fingerprint density at radius 2 is 1.95 bits per heavy atom. The highest BCUT2D eigenvalue weighted by Crippen LogP contribution is 2.13. The molecule has 1 aromatic heterocycles. The molecule has 0 aliphatic heterocycles. The molecule has 0 unspecified atom stereocenters. The first-order valence-corrected chi connectivity index (χ1v) is 9.61. The predicted molar refractivity (Wildman–Crippen MR) is 95.1 cm³/mol. The number of benzene rings is 1. The van der Waals surface area contributed by atoms with E-state index in [-0.39, 0.29) is 5.78 Å². The number of carbonyl (C=O) groups is 1. The normalized spacial score (nSPS) is 10.4. The zero-order valence-corrected chi connectivity index (χ0v) is 14.2. The van der Waals surface area contributed by atoms with Crippen molar-refractivity contribution in [3.8, 4) is 5.88 Å². The lowest BCUT2D eigenvalue weighted by Crippen LogP contribution is -2.04. The molecule has 5 heteroatoms. The molecule has 3 nitrogen and oxygen atoms in total. The number of carbonyl (C=O) groups excluding carboxylic acids is 1. The predicted octanol–water partition coefficient (Wildman–Crippen LogP) is 4.14. The smallest absolute Gasteiger partial charge is 0.213 e. The third kappa shape index (κ3) is 5.39. The highest BCUT2D eigenvalue weighted by Gasteiger charge is 2.09. The van der Waals surface area contributed by atoms with Gasteiger partial charge in [0.1, 0.15) is 0 Å². The first-order valence-electron chi connectivity index (χ1n) is 7.06. The molecule has 0 bridgehead atoms. The molecule has 0 N–H and O–H groups in total. The summed E-state index contributed by atoms with van der Waals surface area (Å²) in [6.45, 7) is 0.653. The monoisotopic (exact) mass is 333 g/mol. The summed E-state index contributed by atoms with van der Waals surface area (Å²) in [4.78, 5) is 16.4. The van der Waals surface area contributed by atoms with Crippen molar-refractivity contribution in [2.24, 2.45) is 0 Å². The van der Waals surface area contributed by atoms with Gasteiger partial charge in [-0.1, -0.05) is 30.3 Å². The van der Waals surface area contributed by atoms with Crippen LogP contribution >= 0.6 is 23.5 Å². The Kier molecular flexibility index (Phi) is 7.33. The van der Waals surface area contributed by atoms with Crippen LogP contribution in [0.25, 0.3) is 0 Å². The van der Waals surface area contributed by atoms with Crippen LogP contribution < -0.4 is 4.74 Å². The van der Waals surface area contributed by atoms with Crippen LogP contribution in [-0.2, 0) is 0 Å². The number of hydrogen-bond acceptors (Lipinski definition) is 5. The summed E-state index contributed by atoms with van der Waals surface area (Å²) in [7, 11) is 0. The molecular weight excluding hydrogens is 314 g/mol. The van der Waals surface area contributed by atoms with Crippen molar-refractivity contribution < 1.29 is 9.53 Å². The average molecular weight is 333 g/mol. The molecule has 0 saturated heterocycles. The summed E-state index contributed by atoms with van der Waals surface area (Å²) < 4.78 is 5.58. The number of rotatable bonds is 9. The molecule has 1 aromatic carbocycles. The second-order valence-corrected chi connectivity index (χ2v) is 6.93. The van der Waals surface area contributed by atoms with Gasteiger partial charge < -0.3 is 4.74 Å². The minimum atomic E-state index is -0.0203. The highest BCUT2D eigenvalue weighted by molar-refractivity contribution is 8.15. The maximum atomic E-state index is 12.2. The van der Waals surface area contributed by atoms with Gasteiger partial charge in [0.2, 0.25) is 5.88 Å². The third-order valence-electron chi connectivity index (χ3n) is 2.92. The third-order valence-corrected chi connectivity index (χ3v) is 5.11. The molecule has 116 valence electrons. The topological polar surface area (TPSA) is 39.2 Å². The van der Waals surface area contributed by atoms with Crippen LogP contribution in [-0.4, -0.2) is 34.5 Å². The Balaban J connectivity index is 1.82. The van der Waals surface area contributed by atoms with Crippen LogP contribution in [0, 0.1) is 0 Å². The second kappa shape index (κ2) is 9.54. The first-order chi connectivity index (χ1) is 10.8. The molecule has 0 spiro atoms. The number of nitrogens with zero attached hydrogens (tertiary/aromatic N) is 1. The lowest BCUT2D eigenvalue weighted by atomic mass is 10.1. The van der Waals surface area contributed by atoms with E-state index >= 15 is 0 Å². The Bertz CT molecular complexity index is 573. The fourth-order valence-electron chi connectivity index (χ4n) is 1.84. The van der Waals surface area contributed by atoms with Gasteiger partial charge in [-0.05, 0) is 24.5 Å². The fourth-order valence-corrected chi connectivity index (χ4v) is 3.30. The van der Waals surface area contributed by atoms with Crippen molar-refractivity contribution in [1.29, 1.82) is 0 Å². The van der Waals surface area contributed by atoms with Gasteiger partial charge in [-0.2, -0.15) is 23.5 Å². The van der Waals surface area contributed by atoms with E-state index in [1.54, 1.807) is 30.5 Å².